The van der Waals surface area contributed by atoms with Crippen LogP contribution in [0.4, 0.5) is 8.78 Å². The molecule has 0 aliphatic carbocycles. The summed E-state index contributed by atoms with van der Waals surface area (Å²) in [7, 11) is -3.84. The van der Waals surface area contributed by atoms with Crippen molar-refractivity contribution in [2.75, 3.05) is 32.8 Å². The number of hydrogen-bond donors (Lipinski definition) is 0. The number of alkyl halides is 2. The highest BCUT2D eigenvalue weighted by Crippen LogP contribution is 2.23. The molecule has 0 unspecified atom stereocenters. The van der Waals surface area contributed by atoms with Crippen LogP contribution in [-0.4, -0.2) is 60.2 Å². The average molecular weight is 414 g/mol. The summed E-state index contributed by atoms with van der Waals surface area (Å²) in [6.45, 7) is 3.55. The van der Waals surface area contributed by atoms with Crippen LogP contribution in [0, 0.1) is 6.92 Å². The van der Waals surface area contributed by atoms with E-state index >= 15 is 0 Å². The lowest BCUT2D eigenvalue weighted by Crippen LogP contribution is -2.48. The van der Waals surface area contributed by atoms with Crippen LogP contribution in [0.2, 0.25) is 0 Å². The van der Waals surface area contributed by atoms with Gasteiger partial charge in [-0.05, 0) is 31.5 Å². The van der Waals surface area contributed by atoms with Crippen molar-refractivity contribution in [2.45, 2.75) is 31.8 Å². The number of aryl methyl sites for hydroxylation is 1. The zero-order valence-corrected chi connectivity index (χ0v) is 16.7. The number of aromatic nitrogens is 2. The molecule has 10 heteroatoms. The summed E-state index contributed by atoms with van der Waals surface area (Å²) < 4.78 is 58.3. The van der Waals surface area contributed by atoms with E-state index in [9.17, 15) is 17.2 Å². The normalized spacial score (nSPS) is 16.6. The second-order valence-corrected chi connectivity index (χ2v) is 8.50. The van der Waals surface area contributed by atoms with Gasteiger partial charge in [0.2, 0.25) is 10.0 Å². The highest BCUT2D eigenvalue weighted by atomic mass is 32.2. The van der Waals surface area contributed by atoms with Gasteiger partial charge in [-0.1, -0.05) is 12.1 Å². The van der Waals surface area contributed by atoms with Crippen LogP contribution in [0.25, 0.3) is 0 Å². The van der Waals surface area contributed by atoms with Gasteiger partial charge in [0.25, 0.3) is 0 Å². The SMILES string of the molecule is CCOc1ccc(CN2CCN(S(=O)(=O)c3cn(C(F)F)nc3C)CC2)cc1. The van der Waals surface area contributed by atoms with E-state index in [4.69, 9.17) is 4.74 Å². The topological polar surface area (TPSA) is 67.7 Å². The van der Waals surface area contributed by atoms with Crippen LogP contribution in [-0.2, 0) is 16.6 Å². The maximum atomic E-state index is 12.8. The summed E-state index contributed by atoms with van der Waals surface area (Å²) in [4.78, 5) is 2.00. The number of rotatable bonds is 7. The number of nitrogens with zero attached hydrogens (tertiary/aromatic N) is 4. The standard InChI is InChI=1S/C18H24F2N4O3S/c1-3-27-16-6-4-15(5-7-16)12-22-8-10-23(11-9-22)28(25,26)17-13-24(18(19)20)21-14(17)2/h4-7,13,18H,3,8-12H2,1-2H3. The Kier molecular flexibility index (Phi) is 6.31. The largest absolute Gasteiger partial charge is 0.494 e. The van der Waals surface area contributed by atoms with Crippen LogP contribution in [0.5, 0.6) is 5.75 Å². The maximum absolute atomic E-state index is 12.8. The predicted molar refractivity (Wildman–Crippen MR) is 99.9 cm³/mol. The summed E-state index contributed by atoms with van der Waals surface area (Å²) >= 11 is 0. The molecule has 1 aliphatic rings. The summed E-state index contributed by atoms with van der Waals surface area (Å²) in [6, 6.07) is 7.83. The average Bonchev–Trinajstić information content (AvgIpc) is 3.07. The lowest BCUT2D eigenvalue weighted by molar-refractivity contribution is 0.0561. The number of halogens is 2. The molecular weight excluding hydrogens is 390 g/mol. The van der Waals surface area contributed by atoms with Gasteiger partial charge in [0, 0.05) is 32.7 Å². The molecule has 2 heterocycles. The molecule has 154 valence electrons. The Balaban J connectivity index is 1.61. The highest BCUT2D eigenvalue weighted by molar-refractivity contribution is 7.89. The van der Waals surface area contributed by atoms with Gasteiger partial charge in [-0.2, -0.15) is 18.2 Å². The minimum atomic E-state index is -3.84. The third-order valence-electron chi connectivity index (χ3n) is 4.66. The van der Waals surface area contributed by atoms with Gasteiger partial charge in [0.1, 0.15) is 10.6 Å². The van der Waals surface area contributed by atoms with E-state index < -0.39 is 16.6 Å². The third-order valence-corrected chi connectivity index (χ3v) is 6.66. The molecule has 0 amide bonds. The summed E-state index contributed by atoms with van der Waals surface area (Å²) in [5, 5.41) is 3.60. The van der Waals surface area contributed by atoms with Gasteiger partial charge in [-0.25, -0.2) is 13.1 Å². The van der Waals surface area contributed by atoms with E-state index in [0.717, 1.165) is 17.5 Å². The molecule has 0 N–H and O–H groups in total. The Hall–Kier alpha value is -2.04. The number of sulfonamides is 1. The Morgan fingerprint density at radius 1 is 1.14 bits per heavy atom. The van der Waals surface area contributed by atoms with E-state index in [1.807, 2.05) is 31.2 Å². The summed E-state index contributed by atoms with van der Waals surface area (Å²) in [5.74, 6) is 0.821. The Bertz CT molecular complexity index is 892. The van der Waals surface area contributed by atoms with Crippen molar-refractivity contribution in [2.24, 2.45) is 0 Å². The van der Waals surface area contributed by atoms with E-state index in [1.54, 1.807) is 0 Å². The Morgan fingerprint density at radius 2 is 1.79 bits per heavy atom. The van der Waals surface area contributed by atoms with Crippen molar-refractivity contribution < 1.29 is 21.9 Å². The molecule has 0 atom stereocenters. The monoisotopic (exact) mass is 414 g/mol. The zero-order chi connectivity index (χ0) is 20.3. The van der Waals surface area contributed by atoms with Gasteiger partial charge >= 0.3 is 6.55 Å². The van der Waals surface area contributed by atoms with E-state index in [2.05, 4.69) is 10.00 Å². The number of hydrogen-bond acceptors (Lipinski definition) is 5. The zero-order valence-electron chi connectivity index (χ0n) is 15.9. The van der Waals surface area contributed by atoms with E-state index in [0.29, 0.717) is 44.0 Å². The fourth-order valence-electron chi connectivity index (χ4n) is 3.20. The second-order valence-electron chi connectivity index (χ2n) is 6.59. The molecule has 2 aromatic rings. The van der Waals surface area contributed by atoms with Gasteiger partial charge in [-0.3, -0.25) is 4.90 Å². The van der Waals surface area contributed by atoms with Crippen molar-refractivity contribution in [1.29, 1.82) is 0 Å². The molecule has 1 aromatic carbocycles. The molecular formula is C18H24F2N4O3S. The van der Waals surface area contributed by atoms with Crippen LogP contribution < -0.4 is 4.74 Å². The fraction of sp³-hybridized carbons (Fsp3) is 0.500. The summed E-state index contributed by atoms with van der Waals surface area (Å²) in [6.07, 6.45) is 0.904. The molecule has 1 aliphatic heterocycles. The molecule has 28 heavy (non-hydrogen) atoms. The Morgan fingerprint density at radius 3 is 2.32 bits per heavy atom. The first-order valence-electron chi connectivity index (χ1n) is 9.09. The maximum Gasteiger partial charge on any atom is 0.333 e. The Labute approximate surface area is 163 Å². The third kappa shape index (κ3) is 4.50. The van der Waals surface area contributed by atoms with Gasteiger partial charge < -0.3 is 4.74 Å². The molecule has 3 rings (SSSR count). The highest BCUT2D eigenvalue weighted by Gasteiger charge is 2.31. The van der Waals surface area contributed by atoms with E-state index in [1.165, 1.54) is 11.2 Å². The molecule has 1 saturated heterocycles. The number of piperazine rings is 1. The van der Waals surface area contributed by atoms with Crippen LogP contribution in [0.15, 0.2) is 35.4 Å². The molecule has 7 nitrogen and oxygen atoms in total. The smallest absolute Gasteiger partial charge is 0.333 e. The first kappa shape index (κ1) is 20.7. The minimum absolute atomic E-state index is 0.0807. The lowest BCUT2D eigenvalue weighted by Gasteiger charge is -2.33. The molecule has 0 bridgehead atoms. The predicted octanol–water partition coefficient (Wildman–Crippen LogP) is 2.49. The van der Waals surface area contributed by atoms with Gasteiger partial charge in [0.05, 0.1) is 18.5 Å². The number of ether oxygens (including phenoxy) is 1. The van der Waals surface area contributed by atoms with Gasteiger partial charge in [-0.15, -0.1) is 0 Å². The van der Waals surface area contributed by atoms with Crippen molar-refractivity contribution in [3.63, 3.8) is 0 Å². The van der Waals surface area contributed by atoms with Crippen molar-refractivity contribution in [3.05, 3.63) is 41.7 Å². The van der Waals surface area contributed by atoms with Crippen LogP contribution >= 0.6 is 0 Å². The number of benzene rings is 1. The van der Waals surface area contributed by atoms with Crippen molar-refractivity contribution in [3.8, 4) is 5.75 Å². The summed E-state index contributed by atoms with van der Waals surface area (Å²) in [5.41, 5.74) is 1.20. The quantitative estimate of drug-likeness (QED) is 0.696. The van der Waals surface area contributed by atoms with Gasteiger partial charge in [0.15, 0.2) is 0 Å². The second kappa shape index (κ2) is 8.54. The fourth-order valence-corrected chi connectivity index (χ4v) is 4.78. The molecule has 0 saturated carbocycles. The van der Waals surface area contributed by atoms with Crippen LogP contribution in [0.1, 0.15) is 24.7 Å². The first-order chi connectivity index (χ1) is 13.3. The minimum Gasteiger partial charge on any atom is -0.494 e. The van der Waals surface area contributed by atoms with Crippen molar-refractivity contribution in [1.82, 2.24) is 19.0 Å². The van der Waals surface area contributed by atoms with Crippen LogP contribution in [0.3, 0.4) is 0 Å². The lowest BCUT2D eigenvalue weighted by atomic mass is 10.2. The molecule has 1 fully saturated rings. The first-order valence-corrected chi connectivity index (χ1v) is 10.5. The van der Waals surface area contributed by atoms with Crippen molar-refractivity contribution >= 4 is 10.0 Å². The van der Waals surface area contributed by atoms with E-state index in [-0.39, 0.29) is 10.6 Å². The molecule has 1 aromatic heterocycles. The molecule has 0 spiro atoms. The molecule has 0 radical (unpaired) electrons.